The van der Waals surface area contributed by atoms with Crippen LogP contribution in [0.2, 0.25) is 0 Å². The van der Waals surface area contributed by atoms with E-state index in [9.17, 15) is 4.79 Å². The van der Waals surface area contributed by atoms with Crippen molar-refractivity contribution in [2.24, 2.45) is 0 Å². The van der Waals surface area contributed by atoms with Crippen LogP contribution in [0.25, 0.3) is 0 Å². The molecule has 0 bridgehead atoms. The normalized spacial score (nSPS) is 9.94. The van der Waals surface area contributed by atoms with Crippen molar-refractivity contribution in [1.29, 1.82) is 0 Å². The molecule has 0 unspecified atom stereocenters. The number of nitrogen functional groups attached to an aromatic ring is 1. The summed E-state index contributed by atoms with van der Waals surface area (Å²) in [5.41, 5.74) is 6.41. The molecular weight excluding hydrogens is 220 g/mol. The van der Waals surface area contributed by atoms with Crippen molar-refractivity contribution in [3.63, 3.8) is 0 Å². The van der Waals surface area contributed by atoms with Gasteiger partial charge < -0.3 is 15.8 Å². The van der Waals surface area contributed by atoms with Crippen molar-refractivity contribution in [3.05, 3.63) is 36.0 Å². The SMILES string of the molecule is COc1ccccc1C(=O)Nc1[nH]ncc1N. The lowest BCUT2D eigenvalue weighted by atomic mass is 10.2. The number of aromatic amines is 1. The Morgan fingerprint density at radius 2 is 2.24 bits per heavy atom. The van der Waals surface area contributed by atoms with Gasteiger partial charge in [0.25, 0.3) is 5.91 Å². The van der Waals surface area contributed by atoms with Gasteiger partial charge in [-0.2, -0.15) is 5.10 Å². The van der Waals surface area contributed by atoms with E-state index in [0.29, 0.717) is 22.8 Å². The van der Waals surface area contributed by atoms with Crippen LogP contribution >= 0.6 is 0 Å². The number of aromatic nitrogens is 2. The van der Waals surface area contributed by atoms with E-state index in [-0.39, 0.29) is 5.91 Å². The standard InChI is InChI=1S/C11H12N4O2/c1-17-9-5-3-2-4-7(9)11(16)14-10-8(12)6-13-15-10/h2-6H,12H2,1H3,(H2,13,14,15,16). The number of benzene rings is 1. The highest BCUT2D eigenvalue weighted by Gasteiger charge is 2.13. The van der Waals surface area contributed by atoms with Gasteiger partial charge in [0.1, 0.15) is 5.75 Å². The molecule has 0 aliphatic heterocycles. The van der Waals surface area contributed by atoms with E-state index in [2.05, 4.69) is 15.5 Å². The summed E-state index contributed by atoms with van der Waals surface area (Å²) in [6, 6.07) is 6.93. The second kappa shape index (κ2) is 4.56. The predicted molar refractivity (Wildman–Crippen MR) is 63.9 cm³/mol. The molecular formula is C11H12N4O2. The average molecular weight is 232 g/mol. The van der Waals surface area contributed by atoms with E-state index < -0.39 is 0 Å². The molecule has 0 fully saturated rings. The van der Waals surface area contributed by atoms with E-state index in [4.69, 9.17) is 10.5 Å². The summed E-state index contributed by atoms with van der Waals surface area (Å²) in [4.78, 5) is 11.9. The minimum Gasteiger partial charge on any atom is -0.496 e. The largest absolute Gasteiger partial charge is 0.496 e. The smallest absolute Gasteiger partial charge is 0.260 e. The Kier molecular flexibility index (Phi) is 2.95. The van der Waals surface area contributed by atoms with Crippen molar-refractivity contribution in [1.82, 2.24) is 10.2 Å². The number of carbonyl (C=O) groups is 1. The molecule has 2 rings (SSSR count). The van der Waals surface area contributed by atoms with Crippen LogP contribution in [0.5, 0.6) is 5.75 Å². The van der Waals surface area contributed by atoms with Crippen LogP contribution in [0.15, 0.2) is 30.5 Å². The maximum atomic E-state index is 11.9. The third-order valence-corrected chi connectivity index (χ3v) is 2.26. The molecule has 1 heterocycles. The van der Waals surface area contributed by atoms with Crippen LogP contribution in [0.4, 0.5) is 11.5 Å². The zero-order chi connectivity index (χ0) is 12.3. The van der Waals surface area contributed by atoms with Gasteiger partial charge in [0, 0.05) is 0 Å². The van der Waals surface area contributed by atoms with Gasteiger partial charge in [-0.25, -0.2) is 0 Å². The lowest BCUT2D eigenvalue weighted by Gasteiger charge is -2.07. The van der Waals surface area contributed by atoms with Crippen molar-refractivity contribution in [2.75, 3.05) is 18.2 Å². The minimum absolute atomic E-state index is 0.307. The van der Waals surface area contributed by atoms with Gasteiger partial charge in [-0.15, -0.1) is 0 Å². The topological polar surface area (TPSA) is 93.0 Å². The van der Waals surface area contributed by atoms with E-state index in [1.54, 1.807) is 24.3 Å². The number of carbonyl (C=O) groups excluding carboxylic acids is 1. The van der Waals surface area contributed by atoms with E-state index in [0.717, 1.165) is 0 Å². The lowest BCUT2D eigenvalue weighted by Crippen LogP contribution is -2.14. The van der Waals surface area contributed by atoms with Gasteiger partial charge >= 0.3 is 0 Å². The maximum absolute atomic E-state index is 11.9. The molecule has 0 atom stereocenters. The maximum Gasteiger partial charge on any atom is 0.260 e. The van der Waals surface area contributed by atoms with Crippen LogP contribution in [0.3, 0.4) is 0 Å². The Balaban J connectivity index is 2.23. The van der Waals surface area contributed by atoms with Gasteiger partial charge in [-0.1, -0.05) is 12.1 Å². The molecule has 0 aliphatic carbocycles. The summed E-state index contributed by atoms with van der Waals surface area (Å²) >= 11 is 0. The number of rotatable bonds is 3. The number of nitrogens with two attached hydrogens (primary N) is 1. The molecule has 0 saturated carbocycles. The molecule has 6 heteroatoms. The molecule has 17 heavy (non-hydrogen) atoms. The van der Waals surface area contributed by atoms with Crippen LogP contribution in [-0.2, 0) is 0 Å². The number of methoxy groups -OCH3 is 1. The van der Waals surface area contributed by atoms with Gasteiger partial charge in [0.15, 0.2) is 5.82 Å². The number of nitrogens with zero attached hydrogens (tertiary/aromatic N) is 1. The number of nitrogens with one attached hydrogen (secondary N) is 2. The molecule has 88 valence electrons. The highest BCUT2D eigenvalue weighted by molar-refractivity contribution is 6.06. The summed E-state index contributed by atoms with van der Waals surface area (Å²) in [6.45, 7) is 0. The first kappa shape index (κ1) is 11.0. The van der Waals surface area contributed by atoms with Gasteiger partial charge in [-0.3, -0.25) is 9.89 Å². The van der Waals surface area contributed by atoms with Gasteiger partial charge in [0.2, 0.25) is 0 Å². The summed E-state index contributed by atoms with van der Waals surface area (Å²) < 4.78 is 5.10. The van der Waals surface area contributed by atoms with Gasteiger partial charge in [-0.05, 0) is 12.1 Å². The molecule has 0 aliphatic rings. The molecule has 2 aromatic rings. The molecule has 0 spiro atoms. The second-order valence-corrected chi connectivity index (χ2v) is 3.35. The number of hydrogen-bond donors (Lipinski definition) is 3. The van der Waals surface area contributed by atoms with E-state index in [1.165, 1.54) is 13.3 Å². The first-order valence-electron chi connectivity index (χ1n) is 4.95. The Bertz CT molecular complexity index is 536. The third-order valence-electron chi connectivity index (χ3n) is 2.26. The molecule has 1 aromatic heterocycles. The monoisotopic (exact) mass is 232 g/mol. The van der Waals surface area contributed by atoms with Crippen molar-refractivity contribution in [2.45, 2.75) is 0 Å². The highest BCUT2D eigenvalue weighted by Crippen LogP contribution is 2.20. The van der Waals surface area contributed by atoms with Crippen LogP contribution in [0.1, 0.15) is 10.4 Å². The number of anilines is 2. The molecule has 1 aromatic carbocycles. The fraction of sp³-hybridized carbons (Fsp3) is 0.0909. The molecule has 1 amide bonds. The Hall–Kier alpha value is -2.50. The first-order valence-corrected chi connectivity index (χ1v) is 4.95. The minimum atomic E-state index is -0.307. The summed E-state index contributed by atoms with van der Waals surface area (Å²) in [6.07, 6.45) is 1.43. The Labute approximate surface area is 97.8 Å². The molecule has 0 radical (unpaired) electrons. The van der Waals surface area contributed by atoms with E-state index in [1.807, 2.05) is 0 Å². The lowest BCUT2D eigenvalue weighted by molar-refractivity contribution is 0.102. The number of amides is 1. The molecule has 4 N–H and O–H groups in total. The van der Waals surface area contributed by atoms with Crippen molar-refractivity contribution < 1.29 is 9.53 Å². The average Bonchev–Trinajstić information content (AvgIpc) is 2.75. The Morgan fingerprint density at radius 1 is 1.47 bits per heavy atom. The van der Waals surface area contributed by atoms with Crippen molar-refractivity contribution in [3.8, 4) is 5.75 Å². The highest BCUT2D eigenvalue weighted by atomic mass is 16.5. The molecule has 6 nitrogen and oxygen atoms in total. The van der Waals surface area contributed by atoms with Gasteiger partial charge in [0.05, 0.1) is 24.6 Å². The third kappa shape index (κ3) is 2.20. The second-order valence-electron chi connectivity index (χ2n) is 3.35. The summed E-state index contributed by atoms with van der Waals surface area (Å²) in [5, 5.41) is 8.93. The fourth-order valence-electron chi connectivity index (χ4n) is 1.41. The molecule has 0 saturated heterocycles. The zero-order valence-electron chi connectivity index (χ0n) is 9.23. The first-order chi connectivity index (χ1) is 8.22. The number of H-pyrrole nitrogens is 1. The summed E-state index contributed by atoms with van der Waals surface area (Å²) in [5.74, 6) is 0.572. The number of hydrogen-bond acceptors (Lipinski definition) is 4. The van der Waals surface area contributed by atoms with Crippen molar-refractivity contribution >= 4 is 17.4 Å². The number of ether oxygens (including phenoxy) is 1. The van der Waals surface area contributed by atoms with E-state index >= 15 is 0 Å². The van der Waals surface area contributed by atoms with Crippen LogP contribution in [0, 0.1) is 0 Å². The van der Waals surface area contributed by atoms with Crippen LogP contribution in [-0.4, -0.2) is 23.2 Å². The number of para-hydroxylation sites is 1. The predicted octanol–water partition coefficient (Wildman–Crippen LogP) is 1.25. The van der Waals surface area contributed by atoms with Crippen LogP contribution < -0.4 is 15.8 Å². The summed E-state index contributed by atoms with van der Waals surface area (Å²) in [7, 11) is 1.51. The zero-order valence-corrected chi connectivity index (χ0v) is 9.23. The fourth-order valence-corrected chi connectivity index (χ4v) is 1.41. The quantitative estimate of drug-likeness (QED) is 0.742. The Morgan fingerprint density at radius 3 is 2.88 bits per heavy atom.